The highest BCUT2D eigenvalue weighted by atomic mass is 32.2. The first-order valence-electron chi connectivity index (χ1n) is 14.9. The largest absolute Gasteiger partial charge is 0.353 e. The van der Waals surface area contributed by atoms with E-state index in [9.17, 15) is 4.21 Å². The van der Waals surface area contributed by atoms with Gasteiger partial charge in [0.15, 0.2) is 0 Å². The molecule has 0 amide bonds. The van der Waals surface area contributed by atoms with Crippen LogP contribution in [0.5, 0.6) is 0 Å². The molecule has 0 saturated heterocycles. The molecule has 3 aromatic rings. The maximum atomic E-state index is 11.4. The molecule has 0 spiro atoms. The van der Waals surface area contributed by atoms with Crippen molar-refractivity contribution in [1.29, 1.82) is 0 Å². The van der Waals surface area contributed by atoms with Gasteiger partial charge in [-0.3, -0.25) is 9.19 Å². The van der Waals surface area contributed by atoms with E-state index in [2.05, 4.69) is 65.7 Å². The number of rotatable bonds is 13. The fraction of sp³-hybridized carbons (Fsp3) is 0.485. The minimum Gasteiger partial charge on any atom is -0.353 e. The zero-order valence-corrected chi connectivity index (χ0v) is 26.1. The van der Waals surface area contributed by atoms with Crippen molar-refractivity contribution in [2.75, 3.05) is 35.3 Å². The van der Waals surface area contributed by atoms with Gasteiger partial charge in [-0.1, -0.05) is 53.7 Å². The van der Waals surface area contributed by atoms with Crippen LogP contribution in [0.4, 0.5) is 11.6 Å². The Hall–Kier alpha value is -3.06. The monoisotopic (exact) mass is 561 g/mol. The molecule has 0 saturated carbocycles. The highest BCUT2D eigenvalue weighted by molar-refractivity contribution is 7.84. The van der Waals surface area contributed by atoms with Gasteiger partial charge in [0.1, 0.15) is 0 Å². The highest BCUT2D eigenvalue weighted by Gasteiger charge is 2.28. The highest BCUT2D eigenvalue weighted by Crippen LogP contribution is 2.43. The van der Waals surface area contributed by atoms with Crippen LogP contribution in [0.3, 0.4) is 0 Å². The normalized spacial score (nSPS) is 13.7. The van der Waals surface area contributed by atoms with Gasteiger partial charge in [0.25, 0.3) is 0 Å². The van der Waals surface area contributed by atoms with Crippen molar-refractivity contribution < 1.29 is 4.21 Å². The molecule has 0 radical (unpaired) electrons. The van der Waals surface area contributed by atoms with Crippen molar-refractivity contribution in [2.24, 2.45) is 0 Å². The van der Waals surface area contributed by atoms with E-state index >= 15 is 0 Å². The van der Waals surface area contributed by atoms with Crippen molar-refractivity contribution in [3.8, 4) is 11.3 Å². The summed E-state index contributed by atoms with van der Waals surface area (Å²) in [5.74, 6) is 1.63. The summed E-state index contributed by atoms with van der Waals surface area (Å²) in [5.41, 5.74) is 9.70. The Balaban J connectivity index is 0.00000216. The Bertz CT molecular complexity index is 1290. The number of benzene rings is 1. The molecule has 1 aliphatic heterocycles. The average Bonchev–Trinajstić information content (AvgIpc) is 3.41. The Morgan fingerprint density at radius 3 is 2.65 bits per heavy atom. The number of pyridine rings is 1. The molecule has 40 heavy (non-hydrogen) atoms. The van der Waals surface area contributed by atoms with Gasteiger partial charge in [0, 0.05) is 77.4 Å². The standard InChI is InChI=1S/C31H41N5OS.C2H6/c1-6-10-23(7-2)27-21-26(29-12-15-33-31(35-29)34-16-18-38(5)37)20-25-13-17-36(30(25)27)22(4)19-24-11-9-14-32-28(24)8-3;1-2/h9,11-12,14-15,20-21,23H,4,6-8,10,13,16-19H2,1-3,5H3,(H,33,34,35);1-2H3. The van der Waals surface area contributed by atoms with Crippen LogP contribution in [0.2, 0.25) is 0 Å². The number of fused-ring (bicyclic) bond motifs is 1. The fourth-order valence-electron chi connectivity index (χ4n) is 5.46. The Kier molecular flexibility index (Phi) is 12.3. The lowest BCUT2D eigenvalue weighted by Crippen LogP contribution is -2.22. The molecule has 4 rings (SSSR count). The Morgan fingerprint density at radius 2 is 1.95 bits per heavy atom. The Morgan fingerprint density at radius 1 is 1.15 bits per heavy atom. The molecule has 3 heterocycles. The number of hydrogen-bond donors (Lipinski definition) is 1. The van der Waals surface area contributed by atoms with Crippen LogP contribution in [-0.2, 0) is 30.1 Å². The second-order valence-electron chi connectivity index (χ2n) is 10.0. The maximum Gasteiger partial charge on any atom is 0.223 e. The summed E-state index contributed by atoms with van der Waals surface area (Å²) in [5, 5.41) is 3.22. The van der Waals surface area contributed by atoms with Gasteiger partial charge in [-0.2, -0.15) is 0 Å². The van der Waals surface area contributed by atoms with E-state index < -0.39 is 10.8 Å². The van der Waals surface area contributed by atoms with Crippen molar-refractivity contribution in [3.63, 3.8) is 0 Å². The van der Waals surface area contributed by atoms with Crippen LogP contribution in [0.15, 0.2) is 55.0 Å². The van der Waals surface area contributed by atoms with Crippen LogP contribution in [0.25, 0.3) is 11.3 Å². The van der Waals surface area contributed by atoms with Crippen molar-refractivity contribution in [2.45, 2.75) is 79.1 Å². The molecule has 2 aromatic heterocycles. The Labute approximate surface area is 244 Å². The van der Waals surface area contributed by atoms with E-state index in [1.165, 1.54) is 22.4 Å². The third kappa shape index (κ3) is 7.78. The first-order chi connectivity index (χ1) is 19.4. The fourth-order valence-corrected chi connectivity index (χ4v) is 5.85. The quantitative estimate of drug-likeness (QED) is 0.236. The molecule has 0 aliphatic carbocycles. The molecule has 1 N–H and O–H groups in total. The van der Waals surface area contributed by atoms with Crippen molar-refractivity contribution in [1.82, 2.24) is 15.0 Å². The van der Waals surface area contributed by atoms with Crippen LogP contribution in [0, 0.1) is 0 Å². The van der Waals surface area contributed by atoms with E-state index in [0.717, 1.165) is 67.7 Å². The lowest BCUT2D eigenvalue weighted by atomic mass is 9.87. The molecule has 0 bridgehead atoms. The molecule has 1 aromatic carbocycles. The number of nitrogens with zero attached hydrogens (tertiary/aromatic N) is 4. The zero-order valence-electron chi connectivity index (χ0n) is 25.3. The van der Waals surface area contributed by atoms with Gasteiger partial charge in [0.2, 0.25) is 5.95 Å². The van der Waals surface area contributed by atoms with Crippen LogP contribution in [0.1, 0.15) is 82.2 Å². The van der Waals surface area contributed by atoms with E-state index in [1.807, 2.05) is 32.2 Å². The smallest absolute Gasteiger partial charge is 0.223 e. The molecular weight excluding hydrogens is 514 g/mol. The molecule has 2 atom stereocenters. The predicted octanol–water partition coefficient (Wildman–Crippen LogP) is 7.33. The average molecular weight is 562 g/mol. The number of anilines is 2. The summed E-state index contributed by atoms with van der Waals surface area (Å²) in [6, 6.07) is 10.8. The topological polar surface area (TPSA) is 71.0 Å². The minimum atomic E-state index is -0.848. The second kappa shape index (κ2) is 15.7. The molecule has 2 unspecified atom stereocenters. The summed E-state index contributed by atoms with van der Waals surface area (Å²) < 4.78 is 11.4. The first kappa shape index (κ1) is 31.5. The number of nitrogens with one attached hydrogen (secondary N) is 1. The molecule has 6 nitrogen and oxygen atoms in total. The van der Waals surface area contributed by atoms with Gasteiger partial charge in [-0.15, -0.1) is 0 Å². The van der Waals surface area contributed by atoms with E-state index in [1.54, 1.807) is 12.5 Å². The molecule has 0 fully saturated rings. The van der Waals surface area contributed by atoms with E-state index in [4.69, 9.17) is 4.98 Å². The van der Waals surface area contributed by atoms with E-state index in [-0.39, 0.29) is 0 Å². The summed E-state index contributed by atoms with van der Waals surface area (Å²) >= 11 is 0. The lowest BCUT2D eigenvalue weighted by molar-refractivity contribution is 0.596. The van der Waals surface area contributed by atoms with Gasteiger partial charge < -0.3 is 10.2 Å². The third-order valence-corrected chi connectivity index (χ3v) is 8.16. The lowest BCUT2D eigenvalue weighted by Gasteiger charge is -2.28. The number of hydrogen-bond acceptors (Lipinski definition) is 6. The van der Waals surface area contributed by atoms with Gasteiger partial charge in [-0.25, -0.2) is 9.97 Å². The van der Waals surface area contributed by atoms with Crippen LogP contribution >= 0.6 is 0 Å². The number of allylic oxidation sites excluding steroid dienone is 1. The van der Waals surface area contributed by atoms with Gasteiger partial charge in [0.05, 0.1) is 5.69 Å². The molecule has 216 valence electrons. The maximum absolute atomic E-state index is 11.4. The van der Waals surface area contributed by atoms with Crippen molar-refractivity contribution in [3.05, 3.63) is 77.4 Å². The van der Waals surface area contributed by atoms with Crippen LogP contribution in [-0.4, -0.2) is 44.3 Å². The number of aromatic nitrogens is 3. The predicted molar refractivity (Wildman–Crippen MR) is 172 cm³/mol. The summed E-state index contributed by atoms with van der Waals surface area (Å²) in [7, 11) is -0.848. The van der Waals surface area contributed by atoms with E-state index in [0.29, 0.717) is 24.2 Å². The minimum absolute atomic E-state index is 0.477. The first-order valence-corrected chi connectivity index (χ1v) is 16.6. The summed E-state index contributed by atoms with van der Waals surface area (Å²) in [4.78, 5) is 16.2. The zero-order chi connectivity index (χ0) is 29.1. The van der Waals surface area contributed by atoms with Gasteiger partial charge >= 0.3 is 0 Å². The van der Waals surface area contributed by atoms with Gasteiger partial charge in [-0.05, 0) is 72.6 Å². The SMILES string of the molecule is C=C(Cc1cccnc1CC)N1CCc2cc(-c3ccnc(NCCS(C)=O)n3)cc(C(CC)CCC)c21.CC. The summed E-state index contributed by atoms with van der Waals surface area (Å²) in [6.07, 6.45) is 11.5. The number of aryl methyl sites for hydroxylation is 1. The molecule has 7 heteroatoms. The third-order valence-electron chi connectivity index (χ3n) is 7.38. The van der Waals surface area contributed by atoms with Crippen molar-refractivity contribution >= 4 is 22.4 Å². The molecular formula is C33H47N5OS. The van der Waals surface area contributed by atoms with Crippen LogP contribution < -0.4 is 10.2 Å². The second-order valence-corrected chi connectivity index (χ2v) is 11.6. The summed E-state index contributed by atoms with van der Waals surface area (Å²) in [6.45, 7) is 16.8. The molecule has 1 aliphatic rings.